The van der Waals surface area contributed by atoms with E-state index in [-0.39, 0.29) is 0 Å². The Hall–Kier alpha value is -2.97. The molecule has 0 bridgehead atoms. The van der Waals surface area contributed by atoms with E-state index in [1.807, 2.05) is 6.20 Å². The smallest absolute Gasteiger partial charge is 0.203 e. The summed E-state index contributed by atoms with van der Waals surface area (Å²) in [6.45, 7) is 2.13. The van der Waals surface area contributed by atoms with Crippen LogP contribution in [0.25, 0.3) is 11.1 Å². The van der Waals surface area contributed by atoms with Crippen molar-refractivity contribution in [1.82, 2.24) is 4.98 Å². The van der Waals surface area contributed by atoms with E-state index in [0.29, 0.717) is 0 Å². The highest BCUT2D eigenvalue weighted by molar-refractivity contribution is 7.21. The molecular formula is C24H19NSi. The molecule has 1 aliphatic heterocycles. The van der Waals surface area contributed by atoms with Gasteiger partial charge in [0.25, 0.3) is 0 Å². The van der Waals surface area contributed by atoms with Crippen LogP contribution in [-0.2, 0) is 0 Å². The van der Waals surface area contributed by atoms with Gasteiger partial charge in [0.2, 0.25) is 8.07 Å². The molecule has 4 aromatic rings. The van der Waals surface area contributed by atoms with Gasteiger partial charge in [-0.3, -0.25) is 4.98 Å². The number of nitrogens with zero attached hydrogens (tertiary/aromatic N) is 1. The maximum Gasteiger partial charge on any atom is 0.203 e. The highest BCUT2D eigenvalue weighted by Gasteiger charge is 2.49. The van der Waals surface area contributed by atoms with Crippen molar-refractivity contribution < 1.29 is 0 Å². The standard InChI is InChI=1S/C24H19NSi/c1-18-16-22-21-14-8-9-15-23(21)26(24(22)25-17-18,19-10-4-2-5-11-19)20-12-6-3-7-13-20/h2-17H,1H3. The summed E-state index contributed by atoms with van der Waals surface area (Å²) in [4.78, 5) is 5.04. The van der Waals surface area contributed by atoms with Gasteiger partial charge in [-0.05, 0) is 39.7 Å². The van der Waals surface area contributed by atoms with Crippen LogP contribution >= 0.6 is 0 Å². The second-order valence-corrected chi connectivity index (χ2v) is 10.6. The molecule has 0 spiro atoms. The minimum Gasteiger partial charge on any atom is -0.264 e. The van der Waals surface area contributed by atoms with E-state index in [4.69, 9.17) is 4.98 Å². The molecule has 2 heterocycles. The van der Waals surface area contributed by atoms with E-state index >= 15 is 0 Å². The van der Waals surface area contributed by atoms with Gasteiger partial charge in [-0.15, -0.1) is 0 Å². The number of benzene rings is 3. The van der Waals surface area contributed by atoms with Crippen molar-refractivity contribution in [2.24, 2.45) is 0 Å². The zero-order valence-electron chi connectivity index (χ0n) is 14.7. The van der Waals surface area contributed by atoms with E-state index in [1.54, 1.807) is 0 Å². The van der Waals surface area contributed by atoms with Crippen LogP contribution in [0, 0.1) is 6.92 Å². The van der Waals surface area contributed by atoms with E-state index < -0.39 is 8.07 Å². The van der Waals surface area contributed by atoms with Gasteiger partial charge in [0.1, 0.15) is 0 Å². The molecular weight excluding hydrogens is 330 g/mol. The predicted molar refractivity (Wildman–Crippen MR) is 112 cm³/mol. The molecule has 0 radical (unpaired) electrons. The van der Waals surface area contributed by atoms with Gasteiger partial charge < -0.3 is 0 Å². The van der Waals surface area contributed by atoms with Gasteiger partial charge >= 0.3 is 0 Å². The van der Waals surface area contributed by atoms with Crippen LogP contribution in [-0.4, -0.2) is 13.1 Å². The number of aryl methyl sites for hydroxylation is 1. The highest BCUT2D eigenvalue weighted by Crippen LogP contribution is 2.27. The van der Waals surface area contributed by atoms with Crippen LogP contribution in [0.15, 0.2) is 97.2 Å². The minimum absolute atomic E-state index is 1.21. The van der Waals surface area contributed by atoms with E-state index in [9.17, 15) is 0 Å². The summed E-state index contributed by atoms with van der Waals surface area (Å²) in [6, 6.07) is 33.2. The molecule has 3 aromatic carbocycles. The number of fused-ring (bicyclic) bond motifs is 3. The van der Waals surface area contributed by atoms with Crippen LogP contribution in [0.3, 0.4) is 0 Å². The zero-order valence-corrected chi connectivity index (χ0v) is 15.7. The quantitative estimate of drug-likeness (QED) is 0.447. The first-order valence-electron chi connectivity index (χ1n) is 9.00. The van der Waals surface area contributed by atoms with Crippen LogP contribution in [0.2, 0.25) is 0 Å². The Morgan fingerprint density at radius 2 is 1.23 bits per heavy atom. The van der Waals surface area contributed by atoms with E-state index in [1.165, 1.54) is 37.6 Å². The van der Waals surface area contributed by atoms with Gasteiger partial charge in [0.05, 0.1) is 0 Å². The van der Waals surface area contributed by atoms with E-state index in [2.05, 4.69) is 97.9 Å². The number of rotatable bonds is 2. The molecule has 124 valence electrons. The molecule has 0 amide bonds. The summed E-state index contributed by atoms with van der Waals surface area (Å²) in [5.41, 5.74) is 3.86. The summed E-state index contributed by atoms with van der Waals surface area (Å²) in [5, 5.41) is 5.51. The van der Waals surface area contributed by atoms with Crippen molar-refractivity contribution in [3.8, 4) is 11.1 Å². The summed E-state index contributed by atoms with van der Waals surface area (Å²) in [5.74, 6) is 0. The summed E-state index contributed by atoms with van der Waals surface area (Å²) in [7, 11) is -2.36. The second-order valence-electron chi connectivity index (χ2n) is 6.94. The molecule has 0 fully saturated rings. The van der Waals surface area contributed by atoms with Crippen molar-refractivity contribution in [2.45, 2.75) is 6.92 Å². The normalized spacial score (nSPS) is 13.9. The monoisotopic (exact) mass is 349 g/mol. The third kappa shape index (κ3) is 1.99. The molecule has 0 aliphatic carbocycles. The molecule has 26 heavy (non-hydrogen) atoms. The molecule has 1 aliphatic rings. The van der Waals surface area contributed by atoms with Crippen molar-refractivity contribution >= 4 is 29.0 Å². The minimum atomic E-state index is -2.36. The van der Waals surface area contributed by atoms with Crippen molar-refractivity contribution in [3.63, 3.8) is 0 Å². The fourth-order valence-corrected chi connectivity index (χ4v) is 9.35. The predicted octanol–water partition coefficient (Wildman–Crippen LogP) is 2.75. The topological polar surface area (TPSA) is 12.9 Å². The second kappa shape index (κ2) is 5.79. The Bertz CT molecular complexity index is 1050. The van der Waals surface area contributed by atoms with Crippen molar-refractivity contribution in [1.29, 1.82) is 0 Å². The fraction of sp³-hybridized carbons (Fsp3) is 0.0417. The SMILES string of the molecule is Cc1cnc2c(c1)-c1ccccc1[Si]2(c1ccccc1)c1ccccc1. The fourth-order valence-electron chi connectivity index (χ4n) is 4.37. The molecule has 0 N–H and O–H groups in total. The molecule has 0 atom stereocenters. The Morgan fingerprint density at radius 1 is 0.654 bits per heavy atom. The highest BCUT2D eigenvalue weighted by atomic mass is 28.3. The van der Waals surface area contributed by atoms with Gasteiger partial charge in [-0.25, -0.2) is 0 Å². The van der Waals surface area contributed by atoms with Crippen molar-refractivity contribution in [2.75, 3.05) is 0 Å². The summed E-state index contributed by atoms with van der Waals surface area (Å²) in [6.07, 6.45) is 2.03. The van der Waals surface area contributed by atoms with Crippen molar-refractivity contribution in [3.05, 3.63) is 103 Å². The lowest BCUT2D eigenvalue weighted by molar-refractivity contribution is 1.31. The van der Waals surface area contributed by atoms with Gasteiger partial charge in [-0.1, -0.05) is 84.9 Å². The first-order valence-corrected chi connectivity index (χ1v) is 11.0. The third-order valence-electron chi connectivity index (χ3n) is 5.41. The van der Waals surface area contributed by atoms with Gasteiger partial charge in [0, 0.05) is 17.1 Å². The van der Waals surface area contributed by atoms with Gasteiger partial charge in [0.15, 0.2) is 0 Å². The Labute approximate surface area is 155 Å². The lowest BCUT2D eigenvalue weighted by Crippen LogP contribution is -2.73. The average molecular weight is 350 g/mol. The largest absolute Gasteiger partial charge is 0.264 e. The Kier molecular flexibility index (Phi) is 3.40. The lowest BCUT2D eigenvalue weighted by Gasteiger charge is -2.30. The molecule has 1 aromatic heterocycles. The molecule has 1 nitrogen and oxygen atoms in total. The summed E-state index contributed by atoms with van der Waals surface area (Å²) < 4.78 is 0. The number of hydrogen-bond donors (Lipinski definition) is 0. The maximum atomic E-state index is 5.04. The van der Waals surface area contributed by atoms with Crippen LogP contribution < -0.4 is 20.9 Å². The lowest BCUT2D eigenvalue weighted by atomic mass is 10.1. The molecule has 5 rings (SSSR count). The molecule has 0 saturated heterocycles. The van der Waals surface area contributed by atoms with Crippen LogP contribution in [0.4, 0.5) is 0 Å². The van der Waals surface area contributed by atoms with Crippen LogP contribution in [0.1, 0.15) is 5.56 Å². The number of pyridine rings is 1. The van der Waals surface area contributed by atoms with Crippen LogP contribution in [0.5, 0.6) is 0 Å². The average Bonchev–Trinajstić information content (AvgIpc) is 3.00. The molecule has 0 saturated carbocycles. The Balaban J connectivity index is 1.98. The first-order chi connectivity index (χ1) is 12.8. The maximum absolute atomic E-state index is 5.04. The Morgan fingerprint density at radius 3 is 1.88 bits per heavy atom. The first kappa shape index (κ1) is 15.3. The third-order valence-corrected chi connectivity index (χ3v) is 10.2. The number of aromatic nitrogens is 1. The number of hydrogen-bond acceptors (Lipinski definition) is 1. The summed E-state index contributed by atoms with van der Waals surface area (Å²) >= 11 is 0. The molecule has 2 heteroatoms. The van der Waals surface area contributed by atoms with E-state index in [0.717, 1.165) is 0 Å². The zero-order chi connectivity index (χ0) is 17.6. The van der Waals surface area contributed by atoms with Gasteiger partial charge in [-0.2, -0.15) is 0 Å². The molecule has 0 unspecified atom stereocenters.